The molecule has 5 heteroatoms. The third kappa shape index (κ3) is 3.69. The molecule has 0 aliphatic carbocycles. The van der Waals surface area contributed by atoms with Gasteiger partial charge in [-0.05, 0) is 35.4 Å². The molecule has 0 atom stereocenters. The van der Waals surface area contributed by atoms with Crippen LogP contribution in [0.1, 0.15) is 15.9 Å². The number of nitrogens with zero attached hydrogens (tertiary/aromatic N) is 3. The Labute approximate surface area is 163 Å². The van der Waals surface area contributed by atoms with Gasteiger partial charge in [-0.3, -0.25) is 14.9 Å². The second-order valence-electron chi connectivity index (χ2n) is 6.61. The molecule has 2 aromatic heterocycles. The molecule has 0 aliphatic heterocycles. The van der Waals surface area contributed by atoms with Gasteiger partial charge < -0.3 is 4.90 Å². The standard InChI is InChI=1S/C23H20N4O/c1-27(16-17-6-3-2-4-7-17)23(28)20-9-5-8-19(14-20)22-21(15-25-26-22)18-10-12-24-13-11-18/h2-15H,16H2,1H3,(H,25,26). The van der Waals surface area contributed by atoms with Gasteiger partial charge in [0.05, 0.1) is 5.69 Å². The van der Waals surface area contributed by atoms with Crippen LogP contribution in [-0.2, 0) is 6.54 Å². The SMILES string of the molecule is CN(Cc1ccccc1)C(=O)c1cccc(-c2n[nH]cc2-c2ccncc2)c1. The van der Waals surface area contributed by atoms with Gasteiger partial charge in [0.2, 0.25) is 0 Å². The second kappa shape index (κ2) is 7.88. The Balaban J connectivity index is 1.61. The quantitative estimate of drug-likeness (QED) is 0.567. The summed E-state index contributed by atoms with van der Waals surface area (Å²) in [5.41, 5.74) is 5.45. The molecule has 2 aromatic carbocycles. The third-order valence-corrected chi connectivity index (χ3v) is 4.62. The zero-order valence-corrected chi connectivity index (χ0v) is 15.5. The molecule has 2 heterocycles. The van der Waals surface area contributed by atoms with E-state index in [0.717, 1.165) is 27.9 Å². The summed E-state index contributed by atoms with van der Waals surface area (Å²) in [5.74, 6) is -0.0216. The van der Waals surface area contributed by atoms with E-state index >= 15 is 0 Å². The fourth-order valence-corrected chi connectivity index (χ4v) is 3.21. The van der Waals surface area contributed by atoms with Crippen molar-refractivity contribution in [1.29, 1.82) is 0 Å². The normalized spacial score (nSPS) is 10.6. The Bertz CT molecular complexity index is 1070. The van der Waals surface area contributed by atoms with Crippen molar-refractivity contribution in [3.63, 3.8) is 0 Å². The highest BCUT2D eigenvalue weighted by Crippen LogP contribution is 2.30. The van der Waals surface area contributed by atoms with Crippen molar-refractivity contribution in [3.8, 4) is 22.4 Å². The predicted molar refractivity (Wildman–Crippen MR) is 109 cm³/mol. The molecule has 28 heavy (non-hydrogen) atoms. The van der Waals surface area contributed by atoms with Gasteiger partial charge in [0.25, 0.3) is 5.91 Å². The number of carbonyl (C=O) groups excluding carboxylic acids is 1. The molecular formula is C23H20N4O. The molecule has 0 unspecified atom stereocenters. The summed E-state index contributed by atoms with van der Waals surface area (Å²) in [7, 11) is 1.82. The average molecular weight is 368 g/mol. The minimum absolute atomic E-state index is 0.0216. The highest BCUT2D eigenvalue weighted by atomic mass is 16.2. The molecule has 0 saturated carbocycles. The van der Waals surface area contributed by atoms with Crippen LogP contribution in [0, 0.1) is 0 Å². The number of aromatic nitrogens is 3. The van der Waals surface area contributed by atoms with E-state index in [1.54, 1.807) is 17.3 Å². The number of hydrogen-bond donors (Lipinski definition) is 1. The Morgan fingerprint density at radius 2 is 1.75 bits per heavy atom. The maximum absolute atomic E-state index is 12.9. The van der Waals surface area contributed by atoms with Crippen LogP contribution >= 0.6 is 0 Å². The Morgan fingerprint density at radius 1 is 0.964 bits per heavy atom. The molecule has 1 amide bonds. The Hall–Kier alpha value is -3.73. The van der Waals surface area contributed by atoms with Gasteiger partial charge in [-0.1, -0.05) is 42.5 Å². The maximum atomic E-state index is 12.9. The van der Waals surface area contributed by atoms with Crippen molar-refractivity contribution in [3.05, 3.63) is 96.4 Å². The summed E-state index contributed by atoms with van der Waals surface area (Å²) >= 11 is 0. The highest BCUT2D eigenvalue weighted by Gasteiger charge is 2.15. The van der Waals surface area contributed by atoms with Gasteiger partial charge in [0.1, 0.15) is 0 Å². The first-order valence-electron chi connectivity index (χ1n) is 9.06. The van der Waals surface area contributed by atoms with Crippen LogP contribution in [0.5, 0.6) is 0 Å². The lowest BCUT2D eigenvalue weighted by molar-refractivity contribution is 0.0785. The van der Waals surface area contributed by atoms with Gasteiger partial charge in [-0.2, -0.15) is 5.10 Å². The van der Waals surface area contributed by atoms with E-state index in [9.17, 15) is 4.79 Å². The van der Waals surface area contributed by atoms with Gasteiger partial charge in [-0.15, -0.1) is 0 Å². The lowest BCUT2D eigenvalue weighted by Gasteiger charge is -2.17. The zero-order valence-electron chi connectivity index (χ0n) is 15.5. The van der Waals surface area contributed by atoms with Crippen molar-refractivity contribution in [2.24, 2.45) is 0 Å². The van der Waals surface area contributed by atoms with Crippen LogP contribution in [0.25, 0.3) is 22.4 Å². The number of hydrogen-bond acceptors (Lipinski definition) is 3. The monoisotopic (exact) mass is 368 g/mol. The fourth-order valence-electron chi connectivity index (χ4n) is 3.21. The first-order valence-corrected chi connectivity index (χ1v) is 9.06. The molecule has 4 rings (SSSR count). The van der Waals surface area contributed by atoms with Gasteiger partial charge in [0.15, 0.2) is 0 Å². The van der Waals surface area contributed by atoms with Crippen LogP contribution in [0.2, 0.25) is 0 Å². The number of rotatable bonds is 5. The largest absolute Gasteiger partial charge is 0.337 e. The smallest absolute Gasteiger partial charge is 0.253 e. The van der Waals surface area contributed by atoms with E-state index in [2.05, 4.69) is 15.2 Å². The Morgan fingerprint density at radius 3 is 2.54 bits per heavy atom. The van der Waals surface area contributed by atoms with Crippen LogP contribution < -0.4 is 0 Å². The lowest BCUT2D eigenvalue weighted by atomic mass is 10.0. The van der Waals surface area contributed by atoms with Gasteiger partial charge >= 0.3 is 0 Å². The summed E-state index contributed by atoms with van der Waals surface area (Å²) in [6.45, 7) is 0.564. The molecule has 0 saturated heterocycles. The number of amides is 1. The molecule has 0 aliphatic rings. The van der Waals surface area contributed by atoms with E-state index in [0.29, 0.717) is 12.1 Å². The highest BCUT2D eigenvalue weighted by molar-refractivity contribution is 5.95. The van der Waals surface area contributed by atoms with Crippen LogP contribution in [0.3, 0.4) is 0 Å². The molecule has 1 N–H and O–H groups in total. The summed E-state index contributed by atoms with van der Waals surface area (Å²) in [4.78, 5) is 18.7. The second-order valence-corrected chi connectivity index (χ2v) is 6.61. The minimum atomic E-state index is -0.0216. The van der Waals surface area contributed by atoms with Crippen LogP contribution in [-0.4, -0.2) is 33.0 Å². The molecule has 4 aromatic rings. The van der Waals surface area contributed by atoms with Crippen LogP contribution in [0.4, 0.5) is 0 Å². The third-order valence-electron chi connectivity index (χ3n) is 4.62. The zero-order chi connectivity index (χ0) is 19.3. The Kier molecular flexibility index (Phi) is 4.97. The average Bonchev–Trinajstić information content (AvgIpc) is 3.25. The minimum Gasteiger partial charge on any atom is -0.337 e. The van der Waals surface area contributed by atoms with E-state index in [1.807, 2.05) is 80.0 Å². The van der Waals surface area contributed by atoms with Crippen molar-refractivity contribution in [1.82, 2.24) is 20.1 Å². The van der Waals surface area contributed by atoms with Crippen molar-refractivity contribution >= 4 is 5.91 Å². The number of carbonyl (C=O) groups is 1. The first-order chi connectivity index (χ1) is 13.7. The van der Waals surface area contributed by atoms with Crippen LogP contribution in [0.15, 0.2) is 85.3 Å². The number of aromatic amines is 1. The van der Waals surface area contributed by atoms with E-state index in [-0.39, 0.29) is 5.91 Å². The van der Waals surface area contributed by atoms with Gasteiger partial charge in [-0.25, -0.2) is 0 Å². The molecule has 138 valence electrons. The van der Waals surface area contributed by atoms with E-state index < -0.39 is 0 Å². The summed E-state index contributed by atoms with van der Waals surface area (Å²) in [6.07, 6.45) is 5.37. The van der Waals surface area contributed by atoms with Crippen molar-refractivity contribution in [2.45, 2.75) is 6.54 Å². The summed E-state index contributed by atoms with van der Waals surface area (Å²) < 4.78 is 0. The lowest BCUT2D eigenvalue weighted by Crippen LogP contribution is -2.26. The number of benzene rings is 2. The topological polar surface area (TPSA) is 61.9 Å². The van der Waals surface area contributed by atoms with Crippen molar-refractivity contribution in [2.75, 3.05) is 7.05 Å². The first kappa shape index (κ1) is 17.7. The number of H-pyrrole nitrogens is 1. The molecule has 0 fully saturated rings. The molecule has 0 bridgehead atoms. The molecule has 0 spiro atoms. The number of pyridine rings is 1. The molecule has 5 nitrogen and oxygen atoms in total. The van der Waals surface area contributed by atoms with E-state index in [4.69, 9.17) is 0 Å². The van der Waals surface area contributed by atoms with Gasteiger partial charge in [0, 0.05) is 48.9 Å². The molecular weight excluding hydrogens is 348 g/mol. The van der Waals surface area contributed by atoms with E-state index in [1.165, 1.54) is 0 Å². The number of nitrogens with one attached hydrogen (secondary N) is 1. The molecule has 0 radical (unpaired) electrons. The summed E-state index contributed by atoms with van der Waals surface area (Å²) in [5, 5.41) is 7.34. The predicted octanol–water partition coefficient (Wildman–Crippen LogP) is 4.41. The maximum Gasteiger partial charge on any atom is 0.253 e. The fraction of sp³-hybridized carbons (Fsp3) is 0.0870. The summed E-state index contributed by atoms with van der Waals surface area (Å²) in [6, 6.07) is 21.4. The van der Waals surface area contributed by atoms with Crippen molar-refractivity contribution < 1.29 is 4.79 Å².